The molecule has 1 saturated carbocycles. The number of carbonyl (C=O) groups is 2. The fraction of sp³-hybridized carbons (Fsp3) is 0.556. The number of likely N-dealkylation sites (tertiary alicyclic amines) is 1. The van der Waals surface area contributed by atoms with Crippen LogP contribution in [0.3, 0.4) is 0 Å². The monoisotopic (exact) mass is 335 g/mol. The van der Waals surface area contributed by atoms with Crippen LogP contribution in [-0.4, -0.2) is 40.1 Å². The Hall–Kier alpha value is -2.11. The number of hydrogen-bond acceptors (Lipinski definition) is 3. The van der Waals surface area contributed by atoms with Crippen LogP contribution in [0.5, 0.6) is 5.75 Å². The van der Waals surface area contributed by atoms with E-state index in [0.717, 1.165) is 25.7 Å². The van der Waals surface area contributed by atoms with Crippen LogP contribution in [0.4, 0.5) is 4.39 Å². The summed E-state index contributed by atoms with van der Waals surface area (Å²) in [5.41, 5.74) is 0. The number of rotatable bonds is 4. The van der Waals surface area contributed by atoms with Gasteiger partial charge in [0.2, 0.25) is 0 Å². The molecule has 1 aliphatic carbocycles. The zero-order valence-corrected chi connectivity index (χ0v) is 13.7. The lowest BCUT2D eigenvalue weighted by Gasteiger charge is -2.34. The van der Waals surface area contributed by atoms with E-state index in [4.69, 9.17) is 4.74 Å². The van der Waals surface area contributed by atoms with Crippen molar-refractivity contribution in [1.82, 2.24) is 4.90 Å². The lowest BCUT2D eigenvalue weighted by Crippen LogP contribution is -2.50. The molecule has 3 rings (SSSR count). The summed E-state index contributed by atoms with van der Waals surface area (Å²) in [7, 11) is 0. The van der Waals surface area contributed by atoms with Gasteiger partial charge in [-0.1, -0.05) is 12.8 Å². The third-order valence-corrected chi connectivity index (χ3v) is 5.10. The zero-order chi connectivity index (χ0) is 17.3. The first-order valence-corrected chi connectivity index (χ1v) is 8.44. The van der Waals surface area contributed by atoms with Crippen molar-refractivity contribution in [1.29, 1.82) is 0 Å². The molecule has 2 fully saturated rings. The average molecular weight is 335 g/mol. The van der Waals surface area contributed by atoms with Crippen LogP contribution in [0.2, 0.25) is 0 Å². The van der Waals surface area contributed by atoms with E-state index >= 15 is 0 Å². The smallest absolute Gasteiger partial charge is 0.326 e. The normalized spacial score (nSPS) is 27.4. The number of nitrogens with zero attached hydrogens (tertiary/aromatic N) is 1. The summed E-state index contributed by atoms with van der Waals surface area (Å²) in [5, 5.41) is 9.51. The zero-order valence-electron chi connectivity index (χ0n) is 13.7. The van der Waals surface area contributed by atoms with Crippen LogP contribution < -0.4 is 4.74 Å². The Morgan fingerprint density at radius 2 is 1.92 bits per heavy atom. The van der Waals surface area contributed by atoms with Crippen molar-refractivity contribution in [3.05, 3.63) is 30.1 Å². The Bertz CT molecular complexity index is 618. The summed E-state index contributed by atoms with van der Waals surface area (Å²) in [5.74, 6) is -0.977. The van der Waals surface area contributed by atoms with Gasteiger partial charge >= 0.3 is 5.97 Å². The number of carboxylic acid groups (broad SMARTS) is 1. The molecule has 24 heavy (non-hydrogen) atoms. The van der Waals surface area contributed by atoms with E-state index in [2.05, 4.69) is 0 Å². The van der Waals surface area contributed by atoms with Gasteiger partial charge in [0, 0.05) is 6.04 Å². The topological polar surface area (TPSA) is 66.8 Å². The Labute approximate surface area is 140 Å². The predicted molar refractivity (Wildman–Crippen MR) is 85.1 cm³/mol. The number of hydrogen-bond donors (Lipinski definition) is 1. The fourth-order valence-electron chi connectivity index (χ4n) is 3.98. The predicted octanol–water partition coefficient (Wildman–Crippen LogP) is 2.84. The number of carboxylic acids is 1. The van der Waals surface area contributed by atoms with Gasteiger partial charge in [0.1, 0.15) is 17.6 Å². The first kappa shape index (κ1) is 16.7. The van der Waals surface area contributed by atoms with E-state index in [0.29, 0.717) is 12.2 Å². The van der Waals surface area contributed by atoms with Gasteiger partial charge in [-0.05, 0) is 56.4 Å². The molecular weight excluding hydrogens is 313 g/mol. The summed E-state index contributed by atoms with van der Waals surface area (Å²) in [4.78, 5) is 26.0. The molecule has 2 aliphatic rings. The number of carbonyl (C=O) groups excluding carboxylic acids is 1. The maximum atomic E-state index is 13.0. The molecule has 1 amide bonds. The molecule has 1 aliphatic heterocycles. The van der Waals surface area contributed by atoms with E-state index in [1.807, 2.05) is 0 Å². The Morgan fingerprint density at radius 1 is 1.25 bits per heavy atom. The molecule has 5 nitrogen and oxygen atoms in total. The van der Waals surface area contributed by atoms with E-state index in [1.54, 1.807) is 6.92 Å². The van der Waals surface area contributed by atoms with E-state index in [1.165, 1.54) is 29.2 Å². The van der Waals surface area contributed by atoms with Crippen molar-refractivity contribution in [2.45, 2.75) is 57.2 Å². The molecule has 1 aromatic carbocycles. The second kappa shape index (κ2) is 6.79. The fourth-order valence-corrected chi connectivity index (χ4v) is 3.98. The minimum atomic E-state index is -0.952. The molecule has 6 heteroatoms. The first-order valence-electron chi connectivity index (χ1n) is 8.44. The summed E-state index contributed by atoms with van der Waals surface area (Å²) in [6.07, 6.45) is 3.66. The van der Waals surface area contributed by atoms with Crippen LogP contribution in [-0.2, 0) is 9.59 Å². The van der Waals surface area contributed by atoms with Crippen LogP contribution in [0.1, 0.15) is 39.0 Å². The van der Waals surface area contributed by atoms with Gasteiger partial charge in [0.05, 0.1) is 0 Å². The molecule has 4 atom stereocenters. The molecule has 1 heterocycles. The van der Waals surface area contributed by atoms with Gasteiger partial charge in [-0.25, -0.2) is 9.18 Å². The third kappa shape index (κ3) is 3.23. The minimum absolute atomic E-state index is 0.00776. The second-order valence-electron chi connectivity index (χ2n) is 6.66. The van der Waals surface area contributed by atoms with Crippen LogP contribution >= 0.6 is 0 Å². The highest BCUT2D eigenvalue weighted by atomic mass is 19.1. The Kier molecular flexibility index (Phi) is 4.73. The SMILES string of the molecule is CC(Oc1ccc(F)cc1)C(=O)N1C(C(=O)O)CC2CCCCC21. The van der Waals surface area contributed by atoms with Crippen molar-refractivity contribution in [2.75, 3.05) is 0 Å². The second-order valence-corrected chi connectivity index (χ2v) is 6.66. The summed E-state index contributed by atoms with van der Waals surface area (Å²) >= 11 is 0. The maximum Gasteiger partial charge on any atom is 0.326 e. The van der Waals surface area contributed by atoms with Crippen LogP contribution in [0.25, 0.3) is 0 Å². The highest BCUT2D eigenvalue weighted by molar-refractivity contribution is 5.87. The van der Waals surface area contributed by atoms with Gasteiger partial charge in [-0.3, -0.25) is 4.79 Å². The van der Waals surface area contributed by atoms with Crippen molar-refractivity contribution < 1.29 is 23.8 Å². The molecule has 1 saturated heterocycles. The highest BCUT2D eigenvalue weighted by Crippen LogP contribution is 2.40. The van der Waals surface area contributed by atoms with Gasteiger partial charge < -0.3 is 14.7 Å². The van der Waals surface area contributed by atoms with Crippen molar-refractivity contribution in [3.8, 4) is 5.75 Å². The summed E-state index contributed by atoms with van der Waals surface area (Å²) in [6.45, 7) is 1.61. The van der Waals surface area contributed by atoms with Crippen LogP contribution in [0, 0.1) is 11.7 Å². The van der Waals surface area contributed by atoms with Gasteiger partial charge in [0.25, 0.3) is 5.91 Å². The van der Waals surface area contributed by atoms with Crippen molar-refractivity contribution in [2.24, 2.45) is 5.92 Å². The highest BCUT2D eigenvalue weighted by Gasteiger charge is 2.48. The van der Waals surface area contributed by atoms with Crippen molar-refractivity contribution in [3.63, 3.8) is 0 Å². The van der Waals surface area contributed by atoms with Gasteiger partial charge in [-0.2, -0.15) is 0 Å². The van der Waals surface area contributed by atoms with E-state index in [9.17, 15) is 19.1 Å². The minimum Gasteiger partial charge on any atom is -0.481 e. The molecule has 1 aromatic rings. The molecule has 0 spiro atoms. The number of aliphatic carboxylic acids is 1. The van der Waals surface area contributed by atoms with Gasteiger partial charge in [0.15, 0.2) is 6.10 Å². The number of benzene rings is 1. The Morgan fingerprint density at radius 3 is 2.58 bits per heavy atom. The first-order chi connectivity index (χ1) is 11.5. The molecular formula is C18H22FNO4. The molecule has 130 valence electrons. The number of ether oxygens (including phenoxy) is 1. The Balaban J connectivity index is 1.75. The number of halogens is 1. The summed E-state index contributed by atoms with van der Waals surface area (Å²) in [6, 6.07) is 4.66. The van der Waals surface area contributed by atoms with Crippen molar-refractivity contribution >= 4 is 11.9 Å². The van der Waals surface area contributed by atoms with E-state index in [-0.39, 0.29) is 23.7 Å². The van der Waals surface area contributed by atoms with E-state index < -0.39 is 18.1 Å². The van der Waals surface area contributed by atoms with Crippen LogP contribution in [0.15, 0.2) is 24.3 Å². The molecule has 0 bridgehead atoms. The lowest BCUT2D eigenvalue weighted by molar-refractivity contribution is -0.153. The number of amides is 1. The molecule has 0 aromatic heterocycles. The molecule has 0 radical (unpaired) electrons. The maximum absolute atomic E-state index is 13.0. The third-order valence-electron chi connectivity index (χ3n) is 5.10. The lowest BCUT2D eigenvalue weighted by atomic mass is 9.84. The molecule has 1 N–H and O–H groups in total. The molecule has 4 unspecified atom stereocenters. The van der Waals surface area contributed by atoms with Gasteiger partial charge in [-0.15, -0.1) is 0 Å². The standard InChI is InChI=1S/C18H22FNO4/c1-11(24-14-8-6-13(19)7-9-14)17(21)20-15-5-3-2-4-12(15)10-16(20)18(22)23/h6-9,11-12,15-16H,2-5,10H2,1H3,(H,22,23). The summed E-state index contributed by atoms with van der Waals surface area (Å²) < 4.78 is 18.6. The average Bonchev–Trinajstić information content (AvgIpc) is 2.96. The quantitative estimate of drug-likeness (QED) is 0.919. The largest absolute Gasteiger partial charge is 0.481 e. The number of fused-ring (bicyclic) bond motifs is 1.